The Bertz CT molecular complexity index is 553. The van der Waals surface area contributed by atoms with Crippen molar-refractivity contribution < 1.29 is 4.74 Å². The van der Waals surface area contributed by atoms with Crippen LogP contribution in [-0.2, 0) is 11.2 Å². The highest BCUT2D eigenvalue weighted by Gasteiger charge is 2.10. The number of nitriles is 1. The molecule has 88 valence electrons. The molecule has 1 atom stereocenters. The summed E-state index contributed by atoms with van der Waals surface area (Å²) in [4.78, 5) is 7.71. The molecule has 0 aliphatic carbocycles. The average Bonchev–Trinajstić information content (AvgIpc) is 2.70. The third-order valence-corrected chi connectivity index (χ3v) is 2.68. The minimum atomic E-state index is 0.408. The number of aromatic amines is 1. The number of rotatable bonds is 4. The Balaban J connectivity index is 2.29. The summed E-state index contributed by atoms with van der Waals surface area (Å²) in [5, 5.41) is 8.99. The Morgan fingerprint density at radius 1 is 1.53 bits per heavy atom. The first-order valence-corrected chi connectivity index (χ1v) is 5.61. The van der Waals surface area contributed by atoms with Gasteiger partial charge in [-0.05, 0) is 18.1 Å². The van der Waals surface area contributed by atoms with Crippen LogP contribution >= 0.6 is 0 Å². The van der Waals surface area contributed by atoms with Crippen LogP contribution in [0.2, 0.25) is 0 Å². The maximum Gasteiger partial charge on any atom is 0.107 e. The Morgan fingerprint density at radius 2 is 2.35 bits per heavy atom. The van der Waals surface area contributed by atoms with Gasteiger partial charge in [-0.25, -0.2) is 4.98 Å². The van der Waals surface area contributed by atoms with Gasteiger partial charge in [0.15, 0.2) is 0 Å². The van der Waals surface area contributed by atoms with Gasteiger partial charge in [0.1, 0.15) is 17.4 Å². The predicted octanol–water partition coefficient (Wildman–Crippen LogP) is 2.26. The van der Waals surface area contributed by atoms with Crippen molar-refractivity contribution in [3.63, 3.8) is 0 Å². The van der Waals surface area contributed by atoms with E-state index in [9.17, 15) is 0 Å². The number of ether oxygens (including phenoxy) is 1. The van der Waals surface area contributed by atoms with E-state index in [4.69, 9.17) is 10.00 Å². The zero-order valence-corrected chi connectivity index (χ0v) is 10.0. The van der Waals surface area contributed by atoms with Gasteiger partial charge >= 0.3 is 0 Å². The Morgan fingerprint density at radius 3 is 3.06 bits per heavy atom. The number of nitrogens with one attached hydrogen (secondary N) is 1. The highest BCUT2D eigenvalue weighted by molar-refractivity contribution is 5.81. The molecule has 2 rings (SSSR count). The van der Waals surface area contributed by atoms with E-state index in [0.29, 0.717) is 18.1 Å². The summed E-state index contributed by atoms with van der Waals surface area (Å²) < 4.78 is 5.10. The number of nitrogens with zero attached hydrogens (tertiary/aromatic N) is 2. The maximum atomic E-state index is 8.99. The number of para-hydroxylation sites is 1. The molecule has 1 heterocycles. The van der Waals surface area contributed by atoms with Gasteiger partial charge in [0.25, 0.3) is 0 Å². The zero-order chi connectivity index (χ0) is 12.3. The molecule has 2 aromatic rings. The number of fused-ring (bicyclic) bond motifs is 1. The Kier molecular flexibility index (Phi) is 3.40. The fourth-order valence-corrected chi connectivity index (χ4v) is 1.94. The van der Waals surface area contributed by atoms with Crippen molar-refractivity contribution in [2.24, 2.45) is 5.92 Å². The van der Waals surface area contributed by atoms with Crippen LogP contribution in [-0.4, -0.2) is 23.7 Å². The number of aromatic nitrogens is 2. The van der Waals surface area contributed by atoms with Crippen LogP contribution in [0.4, 0.5) is 0 Å². The van der Waals surface area contributed by atoms with Gasteiger partial charge in [-0.3, -0.25) is 0 Å². The lowest BCUT2D eigenvalue weighted by Crippen LogP contribution is -2.07. The van der Waals surface area contributed by atoms with Crippen molar-refractivity contribution in [2.75, 3.05) is 13.7 Å². The van der Waals surface area contributed by atoms with Gasteiger partial charge in [-0.15, -0.1) is 0 Å². The quantitative estimate of drug-likeness (QED) is 0.874. The first-order chi connectivity index (χ1) is 8.24. The largest absolute Gasteiger partial charge is 0.384 e. The molecular formula is C13H15N3O. The number of imidazole rings is 1. The van der Waals surface area contributed by atoms with E-state index in [-0.39, 0.29) is 0 Å². The molecule has 0 amide bonds. The smallest absolute Gasteiger partial charge is 0.107 e. The van der Waals surface area contributed by atoms with Gasteiger partial charge in [0.05, 0.1) is 11.1 Å². The molecule has 0 radical (unpaired) electrons. The van der Waals surface area contributed by atoms with Crippen LogP contribution in [0.25, 0.3) is 11.0 Å². The number of methoxy groups -OCH3 is 1. The molecule has 1 aromatic carbocycles. The first-order valence-electron chi connectivity index (χ1n) is 5.61. The second-order valence-corrected chi connectivity index (χ2v) is 4.26. The summed E-state index contributed by atoms with van der Waals surface area (Å²) >= 11 is 0. The summed E-state index contributed by atoms with van der Waals surface area (Å²) in [5.41, 5.74) is 2.29. The maximum absolute atomic E-state index is 8.99. The molecule has 1 unspecified atom stereocenters. The van der Waals surface area contributed by atoms with E-state index in [1.807, 2.05) is 12.1 Å². The highest BCUT2D eigenvalue weighted by Crippen LogP contribution is 2.17. The Labute approximate surface area is 100 Å². The summed E-state index contributed by atoms with van der Waals surface area (Å²) in [5.74, 6) is 1.32. The molecule has 1 N–H and O–H groups in total. The van der Waals surface area contributed by atoms with Crippen molar-refractivity contribution in [2.45, 2.75) is 13.3 Å². The summed E-state index contributed by atoms with van der Waals surface area (Å²) in [7, 11) is 1.70. The van der Waals surface area contributed by atoms with Crippen LogP contribution in [0.15, 0.2) is 18.2 Å². The lowest BCUT2D eigenvalue weighted by atomic mass is 10.1. The topological polar surface area (TPSA) is 61.7 Å². The summed E-state index contributed by atoms with van der Waals surface area (Å²) in [6.45, 7) is 2.82. The van der Waals surface area contributed by atoms with Crippen molar-refractivity contribution >= 4 is 11.0 Å². The molecule has 0 saturated carbocycles. The third kappa shape index (κ3) is 2.45. The van der Waals surface area contributed by atoms with Crippen LogP contribution in [0.5, 0.6) is 0 Å². The molecule has 4 heteroatoms. The van der Waals surface area contributed by atoms with Crippen molar-refractivity contribution in [3.05, 3.63) is 29.6 Å². The van der Waals surface area contributed by atoms with Crippen LogP contribution in [0.3, 0.4) is 0 Å². The SMILES string of the molecule is COCC(C)Cc1nc2c(C#N)cccc2[nH]1. The monoisotopic (exact) mass is 229 g/mol. The lowest BCUT2D eigenvalue weighted by molar-refractivity contribution is 0.159. The molecule has 4 nitrogen and oxygen atoms in total. The second-order valence-electron chi connectivity index (χ2n) is 4.26. The van der Waals surface area contributed by atoms with E-state index in [1.54, 1.807) is 13.2 Å². The zero-order valence-electron chi connectivity index (χ0n) is 10.0. The number of hydrogen-bond donors (Lipinski definition) is 1. The summed E-state index contributed by atoms with van der Waals surface area (Å²) in [6.07, 6.45) is 0.827. The van der Waals surface area contributed by atoms with Crippen LogP contribution < -0.4 is 0 Å². The minimum absolute atomic E-state index is 0.408. The average molecular weight is 229 g/mol. The number of H-pyrrole nitrogens is 1. The number of benzene rings is 1. The molecular weight excluding hydrogens is 214 g/mol. The van der Waals surface area contributed by atoms with E-state index >= 15 is 0 Å². The van der Waals surface area contributed by atoms with Crippen molar-refractivity contribution in [1.29, 1.82) is 5.26 Å². The van der Waals surface area contributed by atoms with Gasteiger partial charge in [-0.2, -0.15) is 5.26 Å². The normalized spacial score (nSPS) is 12.5. The minimum Gasteiger partial charge on any atom is -0.384 e. The van der Waals surface area contributed by atoms with E-state index < -0.39 is 0 Å². The van der Waals surface area contributed by atoms with Crippen LogP contribution in [0.1, 0.15) is 18.3 Å². The molecule has 0 aliphatic rings. The fraction of sp³-hybridized carbons (Fsp3) is 0.385. The van der Waals surface area contributed by atoms with Crippen molar-refractivity contribution in [1.82, 2.24) is 9.97 Å². The highest BCUT2D eigenvalue weighted by atomic mass is 16.5. The van der Waals surface area contributed by atoms with E-state index in [1.165, 1.54) is 0 Å². The van der Waals surface area contributed by atoms with E-state index in [2.05, 4.69) is 23.0 Å². The molecule has 0 aliphatic heterocycles. The molecule has 0 bridgehead atoms. The summed E-state index contributed by atoms with van der Waals surface area (Å²) in [6, 6.07) is 7.74. The standard InChI is InChI=1S/C13H15N3O/c1-9(8-17-2)6-12-15-11-5-3-4-10(7-14)13(11)16-12/h3-5,9H,6,8H2,1-2H3,(H,15,16). The van der Waals surface area contributed by atoms with Gasteiger partial charge in [0.2, 0.25) is 0 Å². The molecule has 17 heavy (non-hydrogen) atoms. The van der Waals surface area contributed by atoms with Crippen LogP contribution in [0, 0.1) is 17.2 Å². The van der Waals surface area contributed by atoms with Gasteiger partial charge in [-0.1, -0.05) is 13.0 Å². The first kappa shape index (κ1) is 11.6. The van der Waals surface area contributed by atoms with Crippen molar-refractivity contribution in [3.8, 4) is 6.07 Å². The van der Waals surface area contributed by atoms with Gasteiger partial charge < -0.3 is 9.72 Å². The molecule has 0 fully saturated rings. The number of hydrogen-bond acceptors (Lipinski definition) is 3. The Hall–Kier alpha value is -1.86. The van der Waals surface area contributed by atoms with E-state index in [0.717, 1.165) is 23.3 Å². The molecule has 1 aromatic heterocycles. The van der Waals surface area contributed by atoms with Gasteiger partial charge in [0, 0.05) is 20.1 Å². The molecule has 0 saturated heterocycles. The predicted molar refractivity (Wildman–Crippen MR) is 65.6 cm³/mol. The lowest BCUT2D eigenvalue weighted by Gasteiger charge is -2.06. The second kappa shape index (κ2) is 4.98. The fourth-order valence-electron chi connectivity index (χ4n) is 1.94. The third-order valence-electron chi connectivity index (χ3n) is 2.68. The molecule has 0 spiro atoms.